The topological polar surface area (TPSA) is 72.2 Å². The average Bonchev–Trinajstić information content (AvgIpc) is 2.47. The van der Waals surface area contributed by atoms with Crippen LogP contribution < -0.4 is 11.1 Å². The Morgan fingerprint density at radius 1 is 1.22 bits per heavy atom. The Labute approximate surface area is 131 Å². The van der Waals surface area contributed by atoms with Crippen molar-refractivity contribution in [2.45, 2.75) is 12.8 Å². The molecule has 1 aliphatic rings. The van der Waals surface area contributed by atoms with Gasteiger partial charge >= 0.3 is 0 Å². The van der Waals surface area contributed by atoms with Crippen LogP contribution in [0.5, 0.6) is 0 Å². The summed E-state index contributed by atoms with van der Waals surface area (Å²) < 4.78 is 26.9. The van der Waals surface area contributed by atoms with E-state index >= 15 is 0 Å². The molecular formula is C17H14F2N2O2. The molecule has 1 aliphatic heterocycles. The molecule has 2 amide bonds. The lowest BCUT2D eigenvalue weighted by molar-refractivity contribution is -0.126. The molecule has 118 valence electrons. The number of carbonyl (C=O) groups excluding carboxylic acids is 2. The molecule has 0 saturated heterocycles. The van der Waals surface area contributed by atoms with Crippen molar-refractivity contribution in [2.75, 3.05) is 5.32 Å². The van der Waals surface area contributed by atoms with E-state index in [1.807, 2.05) is 0 Å². The normalized spacial score (nSPS) is 16.6. The van der Waals surface area contributed by atoms with Gasteiger partial charge in [0.05, 0.1) is 5.92 Å². The maximum absolute atomic E-state index is 13.9. The third-order valence-electron chi connectivity index (χ3n) is 3.89. The first-order valence-corrected chi connectivity index (χ1v) is 7.11. The zero-order valence-electron chi connectivity index (χ0n) is 12.1. The van der Waals surface area contributed by atoms with Crippen molar-refractivity contribution in [3.8, 4) is 11.1 Å². The highest BCUT2D eigenvalue weighted by Crippen LogP contribution is 2.32. The molecule has 0 aromatic heterocycles. The van der Waals surface area contributed by atoms with Gasteiger partial charge in [-0.3, -0.25) is 9.59 Å². The zero-order chi connectivity index (χ0) is 16.6. The molecule has 0 bridgehead atoms. The van der Waals surface area contributed by atoms with Crippen LogP contribution >= 0.6 is 0 Å². The van der Waals surface area contributed by atoms with E-state index in [1.54, 1.807) is 18.2 Å². The fourth-order valence-corrected chi connectivity index (χ4v) is 2.78. The minimum atomic E-state index is -0.654. The number of halogens is 2. The summed E-state index contributed by atoms with van der Waals surface area (Å²) in [6.07, 6.45) is 0.307. The van der Waals surface area contributed by atoms with Gasteiger partial charge in [-0.15, -0.1) is 0 Å². The Hall–Kier alpha value is -2.76. The summed E-state index contributed by atoms with van der Waals surface area (Å²) in [5.74, 6) is -2.63. The quantitative estimate of drug-likeness (QED) is 0.913. The Morgan fingerprint density at radius 3 is 2.70 bits per heavy atom. The van der Waals surface area contributed by atoms with Crippen molar-refractivity contribution >= 4 is 17.5 Å². The SMILES string of the molecule is NC(=O)CC1Cc2cc(-c3ccc(F)cc3F)ccc2NC1=O. The lowest BCUT2D eigenvalue weighted by atomic mass is 9.88. The molecule has 4 nitrogen and oxygen atoms in total. The van der Waals surface area contributed by atoms with Crippen LogP contribution in [-0.2, 0) is 16.0 Å². The Morgan fingerprint density at radius 2 is 2.00 bits per heavy atom. The van der Waals surface area contributed by atoms with Gasteiger partial charge in [0.25, 0.3) is 0 Å². The highest BCUT2D eigenvalue weighted by atomic mass is 19.1. The van der Waals surface area contributed by atoms with Gasteiger partial charge in [0.2, 0.25) is 11.8 Å². The maximum Gasteiger partial charge on any atom is 0.228 e. The van der Waals surface area contributed by atoms with Gasteiger partial charge in [0, 0.05) is 23.7 Å². The first kappa shape index (κ1) is 15.1. The molecule has 0 aliphatic carbocycles. The van der Waals surface area contributed by atoms with Crippen LogP contribution in [0, 0.1) is 17.6 Å². The van der Waals surface area contributed by atoms with Crippen LogP contribution in [0.2, 0.25) is 0 Å². The van der Waals surface area contributed by atoms with Gasteiger partial charge < -0.3 is 11.1 Å². The summed E-state index contributed by atoms with van der Waals surface area (Å²) in [5, 5.41) is 2.72. The molecule has 1 heterocycles. The highest BCUT2D eigenvalue weighted by Gasteiger charge is 2.27. The van der Waals surface area contributed by atoms with Crippen molar-refractivity contribution in [3.63, 3.8) is 0 Å². The van der Waals surface area contributed by atoms with Crippen LogP contribution in [0.1, 0.15) is 12.0 Å². The van der Waals surface area contributed by atoms with Crippen molar-refractivity contribution in [3.05, 3.63) is 53.6 Å². The lowest BCUT2D eigenvalue weighted by Gasteiger charge is -2.24. The minimum Gasteiger partial charge on any atom is -0.370 e. The summed E-state index contributed by atoms with van der Waals surface area (Å²) in [5.41, 5.74) is 7.43. The van der Waals surface area contributed by atoms with E-state index in [-0.39, 0.29) is 17.9 Å². The molecule has 3 N–H and O–H groups in total. The lowest BCUT2D eigenvalue weighted by Crippen LogP contribution is -2.33. The molecule has 0 radical (unpaired) electrons. The second kappa shape index (κ2) is 5.79. The third kappa shape index (κ3) is 3.06. The van der Waals surface area contributed by atoms with Crippen LogP contribution in [0.15, 0.2) is 36.4 Å². The zero-order valence-corrected chi connectivity index (χ0v) is 12.1. The molecule has 1 unspecified atom stereocenters. The number of rotatable bonds is 3. The predicted octanol–water partition coefficient (Wildman–Crippen LogP) is 2.62. The van der Waals surface area contributed by atoms with Gasteiger partial charge in [0.1, 0.15) is 11.6 Å². The van der Waals surface area contributed by atoms with Gasteiger partial charge in [-0.1, -0.05) is 6.07 Å². The van der Waals surface area contributed by atoms with Crippen molar-refractivity contribution in [1.29, 1.82) is 0 Å². The smallest absolute Gasteiger partial charge is 0.228 e. The second-order valence-corrected chi connectivity index (χ2v) is 5.56. The molecule has 2 aromatic carbocycles. The van der Waals surface area contributed by atoms with E-state index in [9.17, 15) is 18.4 Å². The number of amides is 2. The molecule has 0 saturated carbocycles. The fourth-order valence-electron chi connectivity index (χ4n) is 2.78. The van der Waals surface area contributed by atoms with Crippen molar-refractivity contribution in [1.82, 2.24) is 0 Å². The van der Waals surface area contributed by atoms with E-state index in [2.05, 4.69) is 5.32 Å². The van der Waals surface area contributed by atoms with Crippen LogP contribution in [-0.4, -0.2) is 11.8 Å². The van der Waals surface area contributed by atoms with Crippen molar-refractivity contribution < 1.29 is 18.4 Å². The fraction of sp³-hybridized carbons (Fsp3) is 0.176. The van der Waals surface area contributed by atoms with Crippen LogP contribution in [0.3, 0.4) is 0 Å². The molecule has 6 heteroatoms. The third-order valence-corrected chi connectivity index (χ3v) is 3.89. The summed E-state index contributed by atoms with van der Waals surface area (Å²) in [7, 11) is 0. The van der Waals surface area contributed by atoms with E-state index in [0.29, 0.717) is 17.7 Å². The molecule has 23 heavy (non-hydrogen) atoms. The molecular weight excluding hydrogens is 302 g/mol. The number of primary amides is 1. The highest BCUT2D eigenvalue weighted by molar-refractivity contribution is 5.98. The van der Waals surface area contributed by atoms with Gasteiger partial charge in [-0.25, -0.2) is 8.78 Å². The number of nitrogens with one attached hydrogen (secondary N) is 1. The molecule has 3 rings (SSSR count). The number of carbonyl (C=O) groups is 2. The number of nitrogens with two attached hydrogens (primary N) is 1. The maximum atomic E-state index is 13.9. The number of hydrogen-bond acceptors (Lipinski definition) is 2. The summed E-state index contributed by atoms with van der Waals surface area (Å²) in [6.45, 7) is 0. The molecule has 0 fully saturated rings. The number of anilines is 1. The molecule has 0 spiro atoms. The largest absolute Gasteiger partial charge is 0.370 e. The van der Waals surface area contributed by atoms with Gasteiger partial charge in [-0.2, -0.15) is 0 Å². The van der Waals surface area contributed by atoms with E-state index in [0.717, 1.165) is 11.6 Å². The predicted molar refractivity (Wildman–Crippen MR) is 81.4 cm³/mol. The van der Waals surface area contributed by atoms with Gasteiger partial charge in [-0.05, 0) is 41.8 Å². The minimum absolute atomic E-state index is 0.0413. The Bertz CT molecular complexity index is 805. The molecule has 1 atom stereocenters. The summed E-state index contributed by atoms with van der Waals surface area (Å²) in [4.78, 5) is 23.0. The summed E-state index contributed by atoms with van der Waals surface area (Å²) in [6, 6.07) is 8.45. The average molecular weight is 316 g/mol. The number of benzene rings is 2. The number of hydrogen-bond donors (Lipinski definition) is 2. The van der Waals surface area contributed by atoms with Crippen molar-refractivity contribution in [2.24, 2.45) is 11.7 Å². The van der Waals surface area contributed by atoms with Gasteiger partial charge in [0.15, 0.2) is 0 Å². The van der Waals surface area contributed by atoms with E-state index in [1.165, 1.54) is 12.1 Å². The Balaban J connectivity index is 1.96. The first-order chi connectivity index (χ1) is 10.9. The van der Waals surface area contributed by atoms with E-state index < -0.39 is 23.5 Å². The molecule has 2 aromatic rings. The number of fused-ring (bicyclic) bond motifs is 1. The first-order valence-electron chi connectivity index (χ1n) is 7.11. The Kier molecular flexibility index (Phi) is 3.82. The van der Waals surface area contributed by atoms with Crippen LogP contribution in [0.4, 0.5) is 14.5 Å². The van der Waals surface area contributed by atoms with E-state index in [4.69, 9.17) is 5.73 Å². The monoisotopic (exact) mass is 316 g/mol. The second-order valence-electron chi connectivity index (χ2n) is 5.56. The van der Waals surface area contributed by atoms with Crippen LogP contribution in [0.25, 0.3) is 11.1 Å². The summed E-state index contributed by atoms with van der Waals surface area (Å²) >= 11 is 0. The standard InChI is InChI=1S/C17H14F2N2O2/c18-12-2-3-13(14(19)8-12)9-1-4-15-10(5-9)6-11(7-16(20)22)17(23)21-15/h1-5,8,11H,6-7H2,(H2,20,22)(H,21,23).